The Morgan fingerprint density at radius 2 is 1.85 bits per heavy atom. The van der Waals surface area contributed by atoms with Crippen LogP contribution in [0.2, 0.25) is 0 Å². The quantitative estimate of drug-likeness (QED) is 0.860. The second kappa shape index (κ2) is 6.59. The third-order valence-electron chi connectivity index (χ3n) is 5.02. The monoisotopic (exact) mass is 280 g/mol. The molecule has 4 nitrogen and oxygen atoms in total. The molecule has 4 heteroatoms. The predicted octanol–water partition coefficient (Wildman–Crippen LogP) is 2.47. The second-order valence-electron chi connectivity index (χ2n) is 6.33. The van der Waals surface area contributed by atoms with Gasteiger partial charge in [-0.3, -0.25) is 9.59 Å². The minimum atomic E-state index is -0.322. The van der Waals surface area contributed by atoms with E-state index in [4.69, 9.17) is 0 Å². The highest BCUT2D eigenvalue weighted by atomic mass is 16.2. The van der Waals surface area contributed by atoms with Gasteiger partial charge in [0.25, 0.3) is 0 Å². The molecule has 0 aromatic carbocycles. The van der Waals surface area contributed by atoms with Gasteiger partial charge in [0.05, 0.1) is 0 Å². The fourth-order valence-electron chi connectivity index (χ4n) is 3.55. The van der Waals surface area contributed by atoms with Crippen LogP contribution in [0.25, 0.3) is 0 Å². The van der Waals surface area contributed by atoms with Gasteiger partial charge in [0.15, 0.2) is 0 Å². The van der Waals surface area contributed by atoms with E-state index >= 15 is 0 Å². The molecule has 2 aliphatic rings. The topological polar surface area (TPSA) is 49.4 Å². The average Bonchev–Trinajstić information content (AvgIpc) is 2.48. The molecule has 0 aromatic rings. The molecule has 0 radical (unpaired) electrons. The van der Waals surface area contributed by atoms with Crippen LogP contribution in [-0.2, 0) is 9.59 Å². The molecule has 0 spiro atoms. The largest absolute Gasteiger partial charge is 0.342 e. The average molecular weight is 280 g/mol. The summed E-state index contributed by atoms with van der Waals surface area (Å²) in [4.78, 5) is 27.1. The van der Waals surface area contributed by atoms with Gasteiger partial charge in [-0.15, -0.1) is 0 Å². The first-order valence-corrected chi connectivity index (χ1v) is 8.22. The maximum atomic E-state index is 12.9. The molecular weight excluding hydrogens is 252 g/mol. The van der Waals surface area contributed by atoms with Gasteiger partial charge in [-0.1, -0.05) is 46.5 Å². The zero-order valence-corrected chi connectivity index (χ0v) is 13.0. The van der Waals surface area contributed by atoms with Crippen LogP contribution >= 0.6 is 0 Å². The summed E-state index contributed by atoms with van der Waals surface area (Å²) in [5.41, 5.74) is 0. The van der Waals surface area contributed by atoms with Gasteiger partial charge in [0, 0.05) is 6.04 Å². The minimum absolute atomic E-state index is 0.0444. The maximum Gasteiger partial charge on any atom is 0.246 e. The lowest BCUT2D eigenvalue weighted by molar-refractivity contribution is -0.154. The molecule has 3 unspecified atom stereocenters. The fraction of sp³-hybridized carbons (Fsp3) is 0.875. The van der Waals surface area contributed by atoms with E-state index < -0.39 is 0 Å². The normalized spacial score (nSPS) is 30.2. The molecule has 1 N–H and O–H groups in total. The minimum Gasteiger partial charge on any atom is -0.342 e. The Morgan fingerprint density at radius 1 is 1.20 bits per heavy atom. The molecule has 1 heterocycles. The maximum absolute atomic E-state index is 12.9. The Bertz CT molecular complexity index is 363. The first-order valence-electron chi connectivity index (χ1n) is 8.22. The smallest absolute Gasteiger partial charge is 0.246 e. The number of nitrogens with zero attached hydrogens (tertiary/aromatic N) is 1. The number of hydrogen-bond donors (Lipinski definition) is 1. The molecule has 0 bridgehead atoms. The summed E-state index contributed by atoms with van der Waals surface area (Å²) in [6.45, 7) is 6.12. The standard InChI is InChI=1S/C16H28N2O2/c1-4-11(3)14-16(20)18(12-9-7-6-8-10-12)13(5-2)15(19)17-14/h11-14H,4-10H2,1-3H3,(H,17,19). The summed E-state index contributed by atoms with van der Waals surface area (Å²) >= 11 is 0. The Hall–Kier alpha value is -1.06. The summed E-state index contributed by atoms with van der Waals surface area (Å²) in [5.74, 6) is 0.399. The van der Waals surface area contributed by atoms with Gasteiger partial charge in [-0.05, 0) is 25.2 Å². The number of piperazine rings is 1. The molecule has 0 aromatic heterocycles. The van der Waals surface area contributed by atoms with Gasteiger partial charge in [0.1, 0.15) is 12.1 Å². The highest BCUT2D eigenvalue weighted by molar-refractivity contribution is 5.97. The Labute approximate surface area is 122 Å². The van der Waals surface area contributed by atoms with Gasteiger partial charge in [-0.25, -0.2) is 0 Å². The first-order chi connectivity index (χ1) is 9.60. The molecule has 2 rings (SSSR count). The van der Waals surface area contributed by atoms with Crippen LogP contribution in [0.3, 0.4) is 0 Å². The molecule has 1 saturated carbocycles. The number of rotatable bonds is 4. The van der Waals surface area contributed by atoms with E-state index in [0.29, 0.717) is 6.42 Å². The molecular formula is C16H28N2O2. The van der Waals surface area contributed by atoms with Crippen molar-refractivity contribution in [2.45, 2.75) is 83.8 Å². The first kappa shape index (κ1) is 15.3. The van der Waals surface area contributed by atoms with Gasteiger partial charge in [-0.2, -0.15) is 0 Å². The van der Waals surface area contributed by atoms with Crippen LogP contribution in [0.1, 0.15) is 65.7 Å². The van der Waals surface area contributed by atoms with Crippen LogP contribution < -0.4 is 5.32 Å². The number of nitrogens with one attached hydrogen (secondary N) is 1. The molecule has 114 valence electrons. The van der Waals surface area contributed by atoms with Crippen LogP contribution in [0.4, 0.5) is 0 Å². The van der Waals surface area contributed by atoms with E-state index in [-0.39, 0.29) is 35.9 Å². The van der Waals surface area contributed by atoms with Crippen LogP contribution in [-0.4, -0.2) is 34.8 Å². The van der Waals surface area contributed by atoms with Gasteiger partial charge < -0.3 is 10.2 Å². The summed E-state index contributed by atoms with van der Waals surface area (Å²) in [6.07, 6.45) is 7.36. The van der Waals surface area contributed by atoms with E-state index in [2.05, 4.69) is 12.2 Å². The molecule has 3 atom stereocenters. The fourth-order valence-corrected chi connectivity index (χ4v) is 3.55. The number of carbonyl (C=O) groups excluding carboxylic acids is 2. The van der Waals surface area contributed by atoms with Crippen LogP contribution in [0, 0.1) is 5.92 Å². The van der Waals surface area contributed by atoms with Crippen molar-refractivity contribution in [1.29, 1.82) is 0 Å². The van der Waals surface area contributed by atoms with Crippen molar-refractivity contribution < 1.29 is 9.59 Å². The number of carbonyl (C=O) groups is 2. The van der Waals surface area contributed by atoms with E-state index in [1.165, 1.54) is 19.3 Å². The highest BCUT2D eigenvalue weighted by Gasteiger charge is 2.44. The predicted molar refractivity (Wildman–Crippen MR) is 79.2 cm³/mol. The molecule has 1 saturated heterocycles. The second-order valence-corrected chi connectivity index (χ2v) is 6.33. The van der Waals surface area contributed by atoms with Crippen molar-refractivity contribution in [3.63, 3.8) is 0 Å². The Balaban J connectivity index is 2.22. The third-order valence-corrected chi connectivity index (χ3v) is 5.02. The number of hydrogen-bond acceptors (Lipinski definition) is 2. The van der Waals surface area contributed by atoms with Crippen LogP contribution in [0.15, 0.2) is 0 Å². The van der Waals surface area contributed by atoms with Crippen molar-refractivity contribution in [1.82, 2.24) is 10.2 Å². The summed E-state index contributed by atoms with van der Waals surface area (Å²) in [7, 11) is 0. The summed E-state index contributed by atoms with van der Waals surface area (Å²) < 4.78 is 0. The highest BCUT2D eigenvalue weighted by Crippen LogP contribution is 2.29. The zero-order valence-electron chi connectivity index (χ0n) is 13.0. The lowest BCUT2D eigenvalue weighted by Gasteiger charge is -2.45. The molecule has 2 fully saturated rings. The third kappa shape index (κ3) is 2.84. The lowest BCUT2D eigenvalue weighted by Crippen LogP contribution is -2.67. The van der Waals surface area contributed by atoms with Crippen molar-refractivity contribution in [3.05, 3.63) is 0 Å². The van der Waals surface area contributed by atoms with Crippen LogP contribution in [0.5, 0.6) is 0 Å². The number of amides is 2. The van der Waals surface area contributed by atoms with Crippen molar-refractivity contribution >= 4 is 11.8 Å². The summed E-state index contributed by atoms with van der Waals surface area (Å²) in [5, 5.41) is 2.96. The lowest BCUT2D eigenvalue weighted by atomic mass is 9.88. The van der Waals surface area contributed by atoms with Crippen molar-refractivity contribution in [2.75, 3.05) is 0 Å². The van der Waals surface area contributed by atoms with E-state index in [1.807, 2.05) is 18.7 Å². The van der Waals surface area contributed by atoms with Crippen molar-refractivity contribution in [3.8, 4) is 0 Å². The Kier molecular flexibility index (Phi) is 5.06. The molecule has 2 amide bonds. The van der Waals surface area contributed by atoms with Gasteiger partial charge >= 0.3 is 0 Å². The summed E-state index contributed by atoms with van der Waals surface area (Å²) in [6, 6.07) is -0.304. The van der Waals surface area contributed by atoms with Crippen molar-refractivity contribution in [2.24, 2.45) is 5.92 Å². The molecule has 1 aliphatic heterocycles. The SMILES string of the molecule is CCC(C)C1NC(=O)C(CC)N(C2CCCCC2)C1=O. The molecule has 20 heavy (non-hydrogen) atoms. The zero-order chi connectivity index (χ0) is 14.7. The Morgan fingerprint density at radius 3 is 2.40 bits per heavy atom. The van der Waals surface area contributed by atoms with Gasteiger partial charge in [0.2, 0.25) is 11.8 Å². The molecule has 1 aliphatic carbocycles. The van der Waals surface area contributed by atoms with E-state index in [1.54, 1.807) is 0 Å². The van der Waals surface area contributed by atoms with E-state index in [0.717, 1.165) is 19.3 Å². The van der Waals surface area contributed by atoms with E-state index in [9.17, 15) is 9.59 Å².